The molecular weight excluding hydrogens is 349 g/mol. The molecule has 3 aromatic rings. The Morgan fingerprint density at radius 1 is 0.852 bits per heavy atom. The molecule has 0 aliphatic carbocycles. The Balaban J connectivity index is 1.68. The summed E-state index contributed by atoms with van der Waals surface area (Å²) in [5, 5.41) is 2.73. The first-order valence-electron chi connectivity index (χ1n) is 8.09. The highest BCUT2D eigenvalue weighted by Crippen LogP contribution is 2.21. The van der Waals surface area contributed by atoms with E-state index < -0.39 is 11.8 Å². The van der Waals surface area contributed by atoms with E-state index >= 15 is 0 Å². The number of anilines is 1. The number of benzene rings is 3. The number of ether oxygens (including phenoxy) is 2. The Morgan fingerprint density at radius 2 is 1.48 bits per heavy atom. The van der Waals surface area contributed by atoms with E-state index in [2.05, 4.69) is 5.32 Å². The molecule has 0 bridgehead atoms. The van der Waals surface area contributed by atoms with E-state index in [9.17, 15) is 14.0 Å². The first-order chi connectivity index (χ1) is 13.1. The van der Waals surface area contributed by atoms with Crippen molar-refractivity contribution in [1.82, 2.24) is 0 Å². The molecule has 3 aromatic carbocycles. The second-order valence-electron chi connectivity index (χ2n) is 5.55. The van der Waals surface area contributed by atoms with Crippen molar-refractivity contribution < 1.29 is 23.5 Å². The number of amides is 1. The van der Waals surface area contributed by atoms with Crippen molar-refractivity contribution in [3.8, 4) is 11.5 Å². The van der Waals surface area contributed by atoms with Crippen LogP contribution in [0.5, 0.6) is 11.5 Å². The SMILES string of the molecule is COc1ccccc1C(=O)Nc1ccc(OC(=O)c2ccccc2F)cc1. The Morgan fingerprint density at radius 3 is 2.15 bits per heavy atom. The third-order valence-corrected chi connectivity index (χ3v) is 3.77. The highest BCUT2D eigenvalue weighted by molar-refractivity contribution is 6.06. The van der Waals surface area contributed by atoms with Gasteiger partial charge >= 0.3 is 5.97 Å². The van der Waals surface area contributed by atoms with Crippen LogP contribution in [-0.4, -0.2) is 19.0 Å². The molecule has 0 aliphatic heterocycles. The molecule has 136 valence electrons. The molecule has 0 fully saturated rings. The smallest absolute Gasteiger partial charge is 0.346 e. The minimum Gasteiger partial charge on any atom is -0.496 e. The number of hydrogen-bond acceptors (Lipinski definition) is 4. The van der Waals surface area contributed by atoms with Gasteiger partial charge in [-0.2, -0.15) is 0 Å². The van der Waals surface area contributed by atoms with Crippen LogP contribution in [0, 0.1) is 5.82 Å². The quantitative estimate of drug-likeness (QED) is 0.541. The average molecular weight is 365 g/mol. The number of methoxy groups -OCH3 is 1. The molecule has 1 amide bonds. The lowest BCUT2D eigenvalue weighted by Gasteiger charge is -2.10. The maximum atomic E-state index is 13.6. The van der Waals surface area contributed by atoms with E-state index in [-0.39, 0.29) is 17.2 Å². The van der Waals surface area contributed by atoms with Gasteiger partial charge in [0.15, 0.2) is 0 Å². The number of rotatable bonds is 5. The maximum Gasteiger partial charge on any atom is 0.346 e. The van der Waals surface area contributed by atoms with Crippen molar-refractivity contribution in [3.05, 3.63) is 89.7 Å². The first kappa shape index (κ1) is 18.1. The Hall–Kier alpha value is -3.67. The molecular formula is C21H16FNO4. The van der Waals surface area contributed by atoms with Gasteiger partial charge in [-0.15, -0.1) is 0 Å². The number of nitrogens with one attached hydrogen (secondary N) is 1. The van der Waals surface area contributed by atoms with Crippen LogP contribution in [0.2, 0.25) is 0 Å². The zero-order chi connectivity index (χ0) is 19.2. The van der Waals surface area contributed by atoms with Gasteiger partial charge in [0.2, 0.25) is 0 Å². The normalized spacial score (nSPS) is 10.1. The number of halogens is 1. The standard InChI is InChI=1S/C21H16FNO4/c1-26-19-9-5-3-7-17(19)20(24)23-14-10-12-15(13-11-14)27-21(25)16-6-2-4-8-18(16)22/h2-13H,1H3,(H,23,24). The summed E-state index contributed by atoms with van der Waals surface area (Å²) in [6.45, 7) is 0. The van der Waals surface area contributed by atoms with Crippen LogP contribution in [-0.2, 0) is 0 Å². The predicted molar refractivity (Wildman–Crippen MR) is 98.7 cm³/mol. The molecule has 0 radical (unpaired) electrons. The molecule has 0 spiro atoms. The van der Waals surface area contributed by atoms with Gasteiger partial charge in [-0.05, 0) is 48.5 Å². The van der Waals surface area contributed by atoms with Crippen LogP contribution in [0.15, 0.2) is 72.8 Å². The van der Waals surface area contributed by atoms with Gasteiger partial charge in [0.05, 0.1) is 18.2 Å². The summed E-state index contributed by atoms with van der Waals surface area (Å²) in [5.74, 6) is -1.07. The van der Waals surface area contributed by atoms with E-state index in [1.165, 1.54) is 37.4 Å². The molecule has 3 rings (SSSR count). The van der Waals surface area contributed by atoms with Gasteiger partial charge in [0, 0.05) is 5.69 Å². The number of carbonyl (C=O) groups is 2. The Kier molecular flexibility index (Phi) is 5.47. The van der Waals surface area contributed by atoms with Crippen molar-refractivity contribution in [2.24, 2.45) is 0 Å². The fourth-order valence-electron chi connectivity index (χ4n) is 2.43. The van der Waals surface area contributed by atoms with Gasteiger partial charge in [-0.25, -0.2) is 9.18 Å². The molecule has 5 nitrogen and oxygen atoms in total. The summed E-state index contributed by atoms with van der Waals surface area (Å²) in [5.41, 5.74) is 0.762. The second-order valence-corrected chi connectivity index (χ2v) is 5.55. The lowest BCUT2D eigenvalue weighted by atomic mass is 10.2. The van der Waals surface area contributed by atoms with Crippen LogP contribution in [0.1, 0.15) is 20.7 Å². The summed E-state index contributed by atoms with van der Waals surface area (Å²) in [4.78, 5) is 24.4. The fraction of sp³-hybridized carbons (Fsp3) is 0.0476. The van der Waals surface area contributed by atoms with Crippen LogP contribution < -0.4 is 14.8 Å². The van der Waals surface area contributed by atoms with E-state index in [4.69, 9.17) is 9.47 Å². The average Bonchev–Trinajstić information content (AvgIpc) is 2.69. The molecule has 27 heavy (non-hydrogen) atoms. The van der Waals surface area contributed by atoms with E-state index in [0.717, 1.165) is 0 Å². The molecule has 0 aliphatic rings. The number of carbonyl (C=O) groups excluding carboxylic acids is 2. The molecule has 0 saturated carbocycles. The van der Waals surface area contributed by atoms with Crippen molar-refractivity contribution in [2.75, 3.05) is 12.4 Å². The molecule has 6 heteroatoms. The van der Waals surface area contributed by atoms with Gasteiger partial charge in [0.25, 0.3) is 5.91 Å². The second kappa shape index (κ2) is 8.14. The predicted octanol–water partition coefficient (Wildman–Crippen LogP) is 4.31. The molecule has 0 atom stereocenters. The van der Waals surface area contributed by atoms with Crippen molar-refractivity contribution >= 4 is 17.6 Å². The number of para-hydroxylation sites is 1. The van der Waals surface area contributed by atoms with E-state index in [0.29, 0.717) is 17.0 Å². The lowest BCUT2D eigenvalue weighted by Crippen LogP contribution is -2.13. The molecule has 0 unspecified atom stereocenters. The Bertz CT molecular complexity index is 970. The summed E-state index contributed by atoms with van der Waals surface area (Å²) < 4.78 is 23.9. The molecule has 0 heterocycles. The Labute approximate surface area is 155 Å². The molecule has 0 aromatic heterocycles. The van der Waals surface area contributed by atoms with Gasteiger partial charge < -0.3 is 14.8 Å². The summed E-state index contributed by atoms with van der Waals surface area (Å²) in [6.07, 6.45) is 0. The van der Waals surface area contributed by atoms with Crippen LogP contribution in [0.25, 0.3) is 0 Å². The summed E-state index contributed by atoms with van der Waals surface area (Å²) in [6, 6.07) is 18.6. The van der Waals surface area contributed by atoms with E-state index in [1.54, 1.807) is 42.5 Å². The van der Waals surface area contributed by atoms with Gasteiger partial charge in [0.1, 0.15) is 17.3 Å². The van der Waals surface area contributed by atoms with Crippen molar-refractivity contribution in [3.63, 3.8) is 0 Å². The van der Waals surface area contributed by atoms with Crippen molar-refractivity contribution in [2.45, 2.75) is 0 Å². The first-order valence-corrected chi connectivity index (χ1v) is 8.09. The third kappa shape index (κ3) is 4.30. The van der Waals surface area contributed by atoms with Gasteiger partial charge in [-0.3, -0.25) is 4.79 Å². The largest absolute Gasteiger partial charge is 0.496 e. The van der Waals surface area contributed by atoms with Crippen molar-refractivity contribution in [1.29, 1.82) is 0 Å². The number of hydrogen-bond donors (Lipinski definition) is 1. The minimum absolute atomic E-state index is 0.147. The summed E-state index contributed by atoms with van der Waals surface area (Å²) in [7, 11) is 1.49. The van der Waals surface area contributed by atoms with Crippen LogP contribution in [0.3, 0.4) is 0 Å². The highest BCUT2D eigenvalue weighted by Gasteiger charge is 2.14. The van der Waals surface area contributed by atoms with E-state index in [1.807, 2.05) is 0 Å². The van der Waals surface area contributed by atoms with Gasteiger partial charge in [-0.1, -0.05) is 24.3 Å². The monoisotopic (exact) mass is 365 g/mol. The third-order valence-electron chi connectivity index (χ3n) is 3.77. The topological polar surface area (TPSA) is 64.6 Å². The zero-order valence-corrected chi connectivity index (χ0v) is 14.4. The summed E-state index contributed by atoms with van der Waals surface area (Å²) >= 11 is 0. The zero-order valence-electron chi connectivity index (χ0n) is 14.4. The fourth-order valence-corrected chi connectivity index (χ4v) is 2.43. The van der Waals surface area contributed by atoms with Crippen LogP contribution >= 0.6 is 0 Å². The van der Waals surface area contributed by atoms with Crippen LogP contribution in [0.4, 0.5) is 10.1 Å². The highest BCUT2D eigenvalue weighted by atomic mass is 19.1. The minimum atomic E-state index is -0.793. The molecule has 1 N–H and O–H groups in total. The lowest BCUT2D eigenvalue weighted by molar-refractivity contribution is 0.0729. The molecule has 0 saturated heterocycles. The maximum absolute atomic E-state index is 13.6. The number of esters is 1.